The number of hydrogen-bond acceptors (Lipinski definition) is 3. The summed E-state index contributed by atoms with van der Waals surface area (Å²) in [5.74, 6) is 0.849. The first kappa shape index (κ1) is 17.1. The minimum Gasteiger partial charge on any atom is -0.380 e. The lowest BCUT2D eigenvalue weighted by molar-refractivity contribution is -0.0971. The Morgan fingerprint density at radius 3 is 2.71 bits per heavy atom. The third-order valence-electron chi connectivity index (χ3n) is 5.00. The quantitative estimate of drug-likeness (QED) is 0.643. The number of anilines is 1. The van der Waals surface area contributed by atoms with Crippen molar-refractivity contribution in [2.45, 2.75) is 32.7 Å². The third kappa shape index (κ3) is 4.01. The molecule has 0 aliphatic carbocycles. The number of rotatable bonds is 5. The van der Waals surface area contributed by atoms with Crippen molar-refractivity contribution < 1.29 is 4.74 Å². The van der Waals surface area contributed by atoms with Crippen molar-refractivity contribution in [3.63, 3.8) is 0 Å². The summed E-state index contributed by atoms with van der Waals surface area (Å²) in [7, 11) is 1.82. The predicted molar refractivity (Wildman–Crippen MR) is 99.7 cm³/mol. The Bertz CT molecular complexity index is 576. The van der Waals surface area contributed by atoms with E-state index in [-0.39, 0.29) is 11.5 Å². The maximum atomic E-state index is 5.31. The maximum absolute atomic E-state index is 5.31. The van der Waals surface area contributed by atoms with Gasteiger partial charge in [-0.05, 0) is 37.5 Å². The van der Waals surface area contributed by atoms with E-state index in [9.17, 15) is 0 Å². The molecule has 132 valence electrons. The predicted octanol–water partition coefficient (Wildman–Crippen LogP) is 2.55. The maximum Gasteiger partial charge on any atom is 0.191 e. The van der Waals surface area contributed by atoms with Gasteiger partial charge in [0.2, 0.25) is 0 Å². The molecular weight excluding hydrogens is 300 g/mol. The number of hydrogen-bond donors (Lipinski definition) is 2. The molecule has 3 rings (SSSR count). The van der Waals surface area contributed by atoms with Gasteiger partial charge in [0.25, 0.3) is 0 Å². The Morgan fingerprint density at radius 1 is 1.33 bits per heavy atom. The van der Waals surface area contributed by atoms with Crippen LogP contribution in [0, 0.1) is 5.41 Å². The Balaban J connectivity index is 1.58. The van der Waals surface area contributed by atoms with E-state index in [4.69, 9.17) is 4.74 Å². The molecule has 24 heavy (non-hydrogen) atoms. The van der Waals surface area contributed by atoms with Crippen LogP contribution >= 0.6 is 0 Å². The molecule has 1 atom stereocenters. The standard InChI is InChI=1S/C19H30N4O/c1-15(22-18(20-3)21-12-19(2)13-24-14-19)16-7-6-8-17(11-16)23-9-4-5-10-23/h6-8,11,15H,4-5,9-10,12-14H2,1-3H3,(H2,20,21,22). The van der Waals surface area contributed by atoms with E-state index in [0.717, 1.165) is 25.7 Å². The van der Waals surface area contributed by atoms with Crippen LogP contribution in [0.5, 0.6) is 0 Å². The Morgan fingerprint density at radius 2 is 2.08 bits per heavy atom. The van der Waals surface area contributed by atoms with Gasteiger partial charge in [-0.15, -0.1) is 0 Å². The molecule has 0 amide bonds. The van der Waals surface area contributed by atoms with Crippen molar-refractivity contribution >= 4 is 11.6 Å². The van der Waals surface area contributed by atoms with Gasteiger partial charge in [-0.3, -0.25) is 4.99 Å². The van der Waals surface area contributed by atoms with Gasteiger partial charge in [0, 0.05) is 37.8 Å². The van der Waals surface area contributed by atoms with E-state index >= 15 is 0 Å². The Hall–Kier alpha value is -1.75. The van der Waals surface area contributed by atoms with Gasteiger partial charge in [0.15, 0.2) is 5.96 Å². The fourth-order valence-corrected chi connectivity index (χ4v) is 3.30. The molecule has 0 radical (unpaired) electrons. The molecule has 0 saturated carbocycles. The number of nitrogens with zero attached hydrogens (tertiary/aromatic N) is 2. The van der Waals surface area contributed by atoms with Gasteiger partial charge >= 0.3 is 0 Å². The first-order valence-electron chi connectivity index (χ1n) is 8.99. The van der Waals surface area contributed by atoms with Gasteiger partial charge in [-0.2, -0.15) is 0 Å². The molecule has 0 bridgehead atoms. The molecule has 2 aliphatic rings. The number of aliphatic imine (C=N–C) groups is 1. The van der Waals surface area contributed by atoms with Crippen molar-refractivity contribution in [3.05, 3.63) is 29.8 Å². The highest BCUT2D eigenvalue weighted by molar-refractivity contribution is 5.80. The second-order valence-electron chi connectivity index (χ2n) is 7.38. The largest absolute Gasteiger partial charge is 0.380 e. The molecule has 2 N–H and O–H groups in total. The molecule has 1 aromatic carbocycles. The van der Waals surface area contributed by atoms with Crippen molar-refractivity contribution in [2.75, 3.05) is 44.8 Å². The molecule has 1 aromatic rings. The number of benzene rings is 1. The minimum atomic E-state index is 0.212. The number of nitrogens with one attached hydrogen (secondary N) is 2. The topological polar surface area (TPSA) is 48.9 Å². The highest BCUT2D eigenvalue weighted by Gasteiger charge is 2.33. The normalized spacial score (nSPS) is 21.3. The first-order chi connectivity index (χ1) is 11.6. The highest BCUT2D eigenvalue weighted by atomic mass is 16.5. The fourth-order valence-electron chi connectivity index (χ4n) is 3.30. The van der Waals surface area contributed by atoms with Crippen LogP contribution in [0.15, 0.2) is 29.3 Å². The van der Waals surface area contributed by atoms with Crippen LogP contribution in [0.3, 0.4) is 0 Å². The summed E-state index contributed by atoms with van der Waals surface area (Å²) in [5.41, 5.74) is 2.86. The molecule has 5 heteroatoms. The Labute approximate surface area is 145 Å². The van der Waals surface area contributed by atoms with E-state index in [1.807, 2.05) is 7.05 Å². The van der Waals surface area contributed by atoms with Crippen molar-refractivity contribution in [3.8, 4) is 0 Å². The van der Waals surface area contributed by atoms with Gasteiger partial charge in [0.05, 0.1) is 19.3 Å². The van der Waals surface area contributed by atoms with Crippen LogP contribution in [0.4, 0.5) is 5.69 Å². The van der Waals surface area contributed by atoms with Crippen molar-refractivity contribution in [1.29, 1.82) is 0 Å². The van der Waals surface area contributed by atoms with Crippen LogP contribution in [0.2, 0.25) is 0 Å². The second-order valence-corrected chi connectivity index (χ2v) is 7.38. The van der Waals surface area contributed by atoms with E-state index in [0.29, 0.717) is 0 Å². The summed E-state index contributed by atoms with van der Waals surface area (Å²) in [6.45, 7) is 9.30. The molecule has 5 nitrogen and oxygen atoms in total. The first-order valence-corrected chi connectivity index (χ1v) is 8.99. The van der Waals surface area contributed by atoms with E-state index < -0.39 is 0 Å². The van der Waals surface area contributed by atoms with Crippen LogP contribution in [-0.2, 0) is 4.74 Å². The van der Waals surface area contributed by atoms with Crippen LogP contribution < -0.4 is 15.5 Å². The smallest absolute Gasteiger partial charge is 0.191 e. The zero-order valence-corrected chi connectivity index (χ0v) is 15.1. The number of guanidine groups is 1. The fraction of sp³-hybridized carbons (Fsp3) is 0.632. The molecule has 2 aliphatic heterocycles. The molecule has 2 heterocycles. The molecule has 1 unspecified atom stereocenters. The summed E-state index contributed by atoms with van der Waals surface area (Å²) in [5, 5.41) is 6.93. The summed E-state index contributed by atoms with van der Waals surface area (Å²) in [4.78, 5) is 6.83. The molecule has 0 spiro atoms. The van der Waals surface area contributed by atoms with Crippen LogP contribution in [0.25, 0.3) is 0 Å². The van der Waals surface area contributed by atoms with E-state index in [2.05, 4.69) is 58.6 Å². The summed E-state index contributed by atoms with van der Waals surface area (Å²) in [6.07, 6.45) is 2.61. The molecular formula is C19H30N4O. The zero-order chi connectivity index (χ0) is 17.0. The van der Waals surface area contributed by atoms with Gasteiger partial charge in [-0.25, -0.2) is 0 Å². The molecule has 0 aromatic heterocycles. The number of ether oxygens (including phenoxy) is 1. The summed E-state index contributed by atoms with van der Waals surface area (Å²) >= 11 is 0. The van der Waals surface area contributed by atoms with Crippen LogP contribution in [0.1, 0.15) is 38.3 Å². The average molecular weight is 330 g/mol. The van der Waals surface area contributed by atoms with Gasteiger partial charge < -0.3 is 20.3 Å². The lowest BCUT2D eigenvalue weighted by atomic mass is 9.89. The highest BCUT2D eigenvalue weighted by Crippen LogP contribution is 2.25. The lowest BCUT2D eigenvalue weighted by Gasteiger charge is -2.38. The van der Waals surface area contributed by atoms with E-state index in [1.54, 1.807) is 0 Å². The van der Waals surface area contributed by atoms with Gasteiger partial charge in [-0.1, -0.05) is 19.1 Å². The van der Waals surface area contributed by atoms with Gasteiger partial charge in [0.1, 0.15) is 0 Å². The zero-order valence-electron chi connectivity index (χ0n) is 15.1. The third-order valence-corrected chi connectivity index (χ3v) is 5.00. The van der Waals surface area contributed by atoms with Crippen molar-refractivity contribution in [1.82, 2.24) is 10.6 Å². The summed E-state index contributed by atoms with van der Waals surface area (Å²) < 4.78 is 5.31. The van der Waals surface area contributed by atoms with Crippen molar-refractivity contribution in [2.24, 2.45) is 10.4 Å². The molecule has 2 fully saturated rings. The second kappa shape index (κ2) is 7.43. The SMILES string of the molecule is CN=C(NCC1(C)COC1)NC(C)c1cccc(N2CCCC2)c1. The Kier molecular flexibility index (Phi) is 5.29. The average Bonchev–Trinajstić information content (AvgIpc) is 3.11. The summed E-state index contributed by atoms with van der Waals surface area (Å²) in [6, 6.07) is 9.07. The van der Waals surface area contributed by atoms with E-state index in [1.165, 1.54) is 37.2 Å². The monoisotopic (exact) mass is 330 g/mol. The van der Waals surface area contributed by atoms with Crippen LogP contribution in [-0.4, -0.2) is 45.9 Å². The molecule has 2 saturated heterocycles. The lowest BCUT2D eigenvalue weighted by Crippen LogP contribution is -2.51. The minimum absolute atomic E-state index is 0.212.